The first-order valence-electron chi connectivity index (χ1n) is 11.2. The average Bonchev–Trinajstić information content (AvgIpc) is 2.86. The van der Waals surface area contributed by atoms with Crippen LogP contribution in [0.3, 0.4) is 0 Å². The fourth-order valence-corrected chi connectivity index (χ4v) is 4.57. The number of amidine groups is 1. The van der Waals surface area contributed by atoms with Crippen LogP contribution in [-0.4, -0.2) is 60.5 Å². The first kappa shape index (κ1) is 26.1. The minimum atomic E-state index is -0.582. The average molecular weight is 500 g/mol. The number of carbonyl (C=O) groups excluding carboxylic acids is 3. The number of benzene rings is 2. The summed E-state index contributed by atoms with van der Waals surface area (Å²) in [6.07, 6.45) is 0.0601. The van der Waals surface area contributed by atoms with Gasteiger partial charge in [-0.1, -0.05) is 17.8 Å². The van der Waals surface area contributed by atoms with Crippen LogP contribution in [0.2, 0.25) is 0 Å². The Balaban J connectivity index is 1.92. The summed E-state index contributed by atoms with van der Waals surface area (Å²) in [6, 6.07) is 12.0. The van der Waals surface area contributed by atoms with E-state index >= 15 is 0 Å². The smallest absolute Gasteiger partial charge is 0.338 e. The highest BCUT2D eigenvalue weighted by molar-refractivity contribution is 8.15. The third-order valence-electron chi connectivity index (χ3n) is 5.17. The van der Waals surface area contributed by atoms with Crippen LogP contribution < -0.4 is 14.8 Å². The molecule has 0 aliphatic carbocycles. The lowest BCUT2D eigenvalue weighted by atomic mass is 10.1. The van der Waals surface area contributed by atoms with Crippen LogP contribution in [0.1, 0.15) is 36.2 Å². The Labute approximate surface area is 208 Å². The number of carbonyl (C=O) groups is 3. The van der Waals surface area contributed by atoms with Crippen molar-refractivity contribution in [3.05, 3.63) is 53.6 Å². The van der Waals surface area contributed by atoms with Gasteiger partial charge in [-0.05, 0) is 55.8 Å². The van der Waals surface area contributed by atoms with Crippen molar-refractivity contribution in [1.82, 2.24) is 10.2 Å². The number of hydrogen-bond acceptors (Lipinski definition) is 8. The molecule has 2 aromatic rings. The Bertz CT molecular complexity index is 1100. The molecule has 2 amide bonds. The number of ether oxygens (including phenoxy) is 3. The summed E-state index contributed by atoms with van der Waals surface area (Å²) in [5, 5.41) is 2.59. The Kier molecular flexibility index (Phi) is 9.13. The van der Waals surface area contributed by atoms with E-state index in [1.165, 1.54) is 11.8 Å². The molecule has 35 heavy (non-hydrogen) atoms. The molecule has 0 bridgehead atoms. The second kappa shape index (κ2) is 12.3. The van der Waals surface area contributed by atoms with Gasteiger partial charge in [0, 0.05) is 13.0 Å². The molecule has 1 atom stereocenters. The van der Waals surface area contributed by atoms with Gasteiger partial charge in [-0.25, -0.2) is 9.79 Å². The number of esters is 1. The van der Waals surface area contributed by atoms with Gasteiger partial charge in [0.05, 0.1) is 43.9 Å². The number of hydrogen-bond donors (Lipinski definition) is 1. The van der Waals surface area contributed by atoms with Crippen molar-refractivity contribution in [2.75, 3.05) is 27.4 Å². The van der Waals surface area contributed by atoms with Gasteiger partial charge >= 0.3 is 5.97 Å². The van der Waals surface area contributed by atoms with E-state index in [4.69, 9.17) is 14.2 Å². The summed E-state index contributed by atoms with van der Waals surface area (Å²) in [7, 11) is 3.11. The fraction of sp³-hybridized carbons (Fsp3) is 0.360. The molecule has 2 aromatic carbocycles. The van der Waals surface area contributed by atoms with E-state index in [1.807, 2.05) is 13.0 Å². The molecule has 1 aliphatic heterocycles. The molecule has 0 unspecified atom stereocenters. The predicted molar refractivity (Wildman–Crippen MR) is 134 cm³/mol. The molecule has 10 heteroatoms. The van der Waals surface area contributed by atoms with E-state index < -0.39 is 11.2 Å². The molecule has 1 fully saturated rings. The second-order valence-corrected chi connectivity index (χ2v) is 8.71. The van der Waals surface area contributed by atoms with Gasteiger partial charge in [0.2, 0.25) is 11.8 Å². The van der Waals surface area contributed by atoms with Crippen molar-refractivity contribution >= 4 is 40.4 Å². The molecular formula is C25H29N3O6S. The van der Waals surface area contributed by atoms with E-state index in [0.717, 1.165) is 5.56 Å². The van der Waals surface area contributed by atoms with Gasteiger partial charge in [-0.15, -0.1) is 0 Å². The largest absolute Gasteiger partial charge is 0.493 e. The lowest BCUT2D eigenvalue weighted by molar-refractivity contribution is -0.130. The maximum Gasteiger partial charge on any atom is 0.338 e. The van der Waals surface area contributed by atoms with Crippen LogP contribution in [0.15, 0.2) is 47.5 Å². The van der Waals surface area contributed by atoms with Crippen molar-refractivity contribution in [3.8, 4) is 11.5 Å². The van der Waals surface area contributed by atoms with E-state index in [0.29, 0.717) is 34.5 Å². The molecule has 0 radical (unpaired) electrons. The molecule has 1 N–H and O–H groups in total. The lowest BCUT2D eigenvalue weighted by Crippen LogP contribution is -2.46. The fourth-order valence-electron chi connectivity index (χ4n) is 3.44. The molecule has 0 saturated carbocycles. The zero-order valence-electron chi connectivity index (χ0n) is 20.2. The number of methoxy groups -OCH3 is 2. The molecule has 1 saturated heterocycles. The SMILES string of the molecule is CCNC(=O)[C@H]1CC(=O)N(Cc2ccc(OC)c(OC)c2)C(=Nc2ccc(C(=O)OCC)cc2)S1. The molecule has 0 aromatic heterocycles. The maximum absolute atomic E-state index is 13.1. The summed E-state index contributed by atoms with van der Waals surface area (Å²) in [5.74, 6) is 0.303. The van der Waals surface area contributed by atoms with Crippen LogP contribution in [0, 0.1) is 0 Å². The second-order valence-electron chi connectivity index (χ2n) is 7.54. The number of amides is 2. The summed E-state index contributed by atoms with van der Waals surface area (Å²) >= 11 is 1.24. The van der Waals surface area contributed by atoms with Crippen LogP contribution in [-0.2, 0) is 20.9 Å². The van der Waals surface area contributed by atoms with Crippen LogP contribution >= 0.6 is 11.8 Å². The third kappa shape index (κ3) is 6.54. The minimum absolute atomic E-state index is 0.0601. The van der Waals surface area contributed by atoms with Gasteiger partial charge in [-0.2, -0.15) is 0 Å². The molecular weight excluding hydrogens is 470 g/mol. The van der Waals surface area contributed by atoms with Gasteiger partial charge in [-0.3, -0.25) is 14.5 Å². The highest BCUT2D eigenvalue weighted by atomic mass is 32.2. The lowest BCUT2D eigenvalue weighted by Gasteiger charge is -2.32. The summed E-state index contributed by atoms with van der Waals surface area (Å²) in [5.41, 5.74) is 1.77. The number of thioether (sulfide) groups is 1. The van der Waals surface area contributed by atoms with Crippen molar-refractivity contribution < 1.29 is 28.6 Å². The van der Waals surface area contributed by atoms with Gasteiger partial charge in [0.1, 0.15) is 0 Å². The Morgan fingerprint density at radius 1 is 1.09 bits per heavy atom. The van der Waals surface area contributed by atoms with Crippen molar-refractivity contribution in [1.29, 1.82) is 0 Å². The molecule has 1 aliphatic rings. The summed E-state index contributed by atoms with van der Waals surface area (Å²) in [6.45, 7) is 4.58. The van der Waals surface area contributed by atoms with E-state index in [2.05, 4.69) is 10.3 Å². The van der Waals surface area contributed by atoms with Crippen LogP contribution in [0.25, 0.3) is 0 Å². The number of nitrogens with zero attached hydrogens (tertiary/aromatic N) is 2. The Morgan fingerprint density at radius 2 is 1.80 bits per heavy atom. The summed E-state index contributed by atoms with van der Waals surface area (Å²) in [4.78, 5) is 43.8. The monoisotopic (exact) mass is 499 g/mol. The molecule has 9 nitrogen and oxygen atoms in total. The first-order chi connectivity index (χ1) is 16.9. The highest BCUT2D eigenvalue weighted by Gasteiger charge is 2.35. The molecule has 1 heterocycles. The Morgan fingerprint density at radius 3 is 2.43 bits per heavy atom. The Hall–Kier alpha value is -3.53. The van der Waals surface area contributed by atoms with Crippen LogP contribution in [0.4, 0.5) is 5.69 Å². The normalized spacial score (nSPS) is 16.7. The maximum atomic E-state index is 13.1. The van der Waals surface area contributed by atoms with Gasteiger partial charge < -0.3 is 19.5 Å². The van der Waals surface area contributed by atoms with Crippen molar-refractivity contribution in [2.24, 2.45) is 4.99 Å². The number of nitrogens with one attached hydrogen (secondary N) is 1. The van der Waals surface area contributed by atoms with Crippen LogP contribution in [0.5, 0.6) is 11.5 Å². The van der Waals surface area contributed by atoms with Crippen molar-refractivity contribution in [2.45, 2.75) is 32.1 Å². The zero-order valence-corrected chi connectivity index (χ0v) is 21.0. The molecule has 186 valence electrons. The molecule has 3 rings (SSSR count). The minimum Gasteiger partial charge on any atom is -0.493 e. The van der Waals surface area contributed by atoms with E-state index in [9.17, 15) is 14.4 Å². The number of aliphatic imine (C=N–C) groups is 1. The van der Waals surface area contributed by atoms with E-state index in [-0.39, 0.29) is 31.4 Å². The zero-order chi connectivity index (χ0) is 25.4. The first-order valence-corrected chi connectivity index (χ1v) is 12.1. The number of rotatable bonds is 9. The summed E-state index contributed by atoms with van der Waals surface area (Å²) < 4.78 is 15.7. The quantitative estimate of drug-likeness (QED) is 0.526. The highest BCUT2D eigenvalue weighted by Crippen LogP contribution is 2.32. The standard InChI is InChI=1S/C25H29N3O6S/c1-5-26-23(30)21-14-22(29)28(15-16-7-12-19(32-3)20(13-16)33-4)25(35-21)27-18-10-8-17(9-11-18)24(31)34-6-2/h7-13,21H,5-6,14-15H2,1-4H3,(H,26,30)/t21-/m1/s1. The van der Waals surface area contributed by atoms with Gasteiger partial charge in [0.25, 0.3) is 0 Å². The van der Waals surface area contributed by atoms with Gasteiger partial charge in [0.15, 0.2) is 16.7 Å². The topological polar surface area (TPSA) is 107 Å². The van der Waals surface area contributed by atoms with E-state index in [1.54, 1.807) is 62.4 Å². The third-order valence-corrected chi connectivity index (χ3v) is 6.36. The van der Waals surface area contributed by atoms with Crippen molar-refractivity contribution in [3.63, 3.8) is 0 Å². The molecule has 0 spiro atoms. The predicted octanol–water partition coefficient (Wildman–Crippen LogP) is 3.54.